The Labute approximate surface area is 152 Å². The van der Waals surface area contributed by atoms with Gasteiger partial charge in [-0.1, -0.05) is 79.3 Å². The van der Waals surface area contributed by atoms with Crippen LogP contribution < -0.4 is 0 Å². The van der Waals surface area contributed by atoms with Crippen LogP contribution in [0.5, 0.6) is 0 Å². The van der Waals surface area contributed by atoms with Crippen LogP contribution in [0.15, 0.2) is 65.8 Å². The molecular formula is C20H21N3OS. The Morgan fingerprint density at radius 2 is 1.68 bits per heavy atom. The molecule has 0 spiro atoms. The van der Waals surface area contributed by atoms with Crippen molar-refractivity contribution in [2.75, 3.05) is 5.75 Å². The van der Waals surface area contributed by atoms with E-state index in [0.717, 1.165) is 35.9 Å². The Kier molecular flexibility index (Phi) is 6.01. The maximum atomic E-state index is 12.3. The molecule has 5 heteroatoms. The SMILES string of the molecule is CCCn1c(Cc2ccccc2)nnc1SCC(=O)c1ccccc1. The number of aromatic nitrogens is 3. The third-order valence-corrected chi connectivity index (χ3v) is 4.84. The number of Topliss-reactive ketones (excluding diaryl/α,β-unsaturated/α-hetero) is 1. The number of hydrogen-bond acceptors (Lipinski definition) is 4. The van der Waals surface area contributed by atoms with Crippen LogP contribution >= 0.6 is 11.8 Å². The van der Waals surface area contributed by atoms with E-state index in [1.54, 1.807) is 0 Å². The molecule has 3 rings (SSSR count). The molecule has 0 amide bonds. The zero-order valence-electron chi connectivity index (χ0n) is 14.3. The van der Waals surface area contributed by atoms with Crippen molar-refractivity contribution in [2.45, 2.75) is 31.5 Å². The first-order chi connectivity index (χ1) is 12.3. The second-order valence-corrected chi connectivity index (χ2v) is 6.73. The van der Waals surface area contributed by atoms with Crippen molar-refractivity contribution in [1.82, 2.24) is 14.8 Å². The summed E-state index contributed by atoms with van der Waals surface area (Å²) in [5, 5.41) is 9.50. The van der Waals surface area contributed by atoms with Crippen molar-refractivity contribution in [3.8, 4) is 0 Å². The Hall–Kier alpha value is -2.40. The minimum Gasteiger partial charge on any atom is -0.306 e. The monoisotopic (exact) mass is 351 g/mol. The van der Waals surface area contributed by atoms with Crippen molar-refractivity contribution >= 4 is 17.5 Å². The molecule has 0 fully saturated rings. The molecule has 0 saturated carbocycles. The summed E-state index contributed by atoms with van der Waals surface area (Å²) in [6.07, 6.45) is 1.75. The highest BCUT2D eigenvalue weighted by atomic mass is 32.2. The number of ketones is 1. The quantitative estimate of drug-likeness (QED) is 0.449. The van der Waals surface area contributed by atoms with Crippen LogP contribution in [-0.4, -0.2) is 26.3 Å². The van der Waals surface area contributed by atoms with Crippen LogP contribution in [0.1, 0.15) is 35.1 Å². The molecule has 0 radical (unpaired) electrons. The number of carbonyl (C=O) groups excluding carboxylic acids is 1. The Balaban J connectivity index is 1.72. The Morgan fingerprint density at radius 1 is 1.00 bits per heavy atom. The minimum absolute atomic E-state index is 0.112. The van der Waals surface area contributed by atoms with E-state index in [1.807, 2.05) is 48.5 Å². The number of benzene rings is 2. The molecule has 1 aromatic heterocycles. The molecule has 1 heterocycles. The lowest BCUT2D eigenvalue weighted by molar-refractivity contribution is 0.102. The first-order valence-electron chi connectivity index (χ1n) is 8.45. The van der Waals surface area contributed by atoms with E-state index in [-0.39, 0.29) is 5.78 Å². The van der Waals surface area contributed by atoms with Gasteiger partial charge in [0.25, 0.3) is 0 Å². The van der Waals surface area contributed by atoms with Gasteiger partial charge >= 0.3 is 0 Å². The van der Waals surface area contributed by atoms with Crippen LogP contribution in [0.25, 0.3) is 0 Å². The third kappa shape index (κ3) is 4.57. The smallest absolute Gasteiger partial charge is 0.191 e. The zero-order valence-corrected chi connectivity index (χ0v) is 15.1. The fourth-order valence-corrected chi connectivity index (χ4v) is 3.50. The average Bonchev–Trinajstić information content (AvgIpc) is 3.03. The van der Waals surface area contributed by atoms with E-state index in [9.17, 15) is 4.79 Å². The van der Waals surface area contributed by atoms with E-state index in [2.05, 4.69) is 33.8 Å². The number of nitrogens with zero attached hydrogens (tertiary/aromatic N) is 3. The fraction of sp³-hybridized carbons (Fsp3) is 0.250. The van der Waals surface area contributed by atoms with Gasteiger partial charge in [0.2, 0.25) is 0 Å². The van der Waals surface area contributed by atoms with Gasteiger partial charge in [-0.15, -0.1) is 10.2 Å². The molecule has 0 saturated heterocycles. The summed E-state index contributed by atoms with van der Waals surface area (Å²) in [7, 11) is 0. The fourth-order valence-electron chi connectivity index (χ4n) is 2.62. The highest BCUT2D eigenvalue weighted by molar-refractivity contribution is 7.99. The largest absolute Gasteiger partial charge is 0.306 e. The molecule has 0 unspecified atom stereocenters. The van der Waals surface area contributed by atoms with Gasteiger partial charge in [-0.3, -0.25) is 4.79 Å². The van der Waals surface area contributed by atoms with E-state index < -0.39 is 0 Å². The summed E-state index contributed by atoms with van der Waals surface area (Å²) in [4.78, 5) is 12.3. The summed E-state index contributed by atoms with van der Waals surface area (Å²) in [5.74, 6) is 1.43. The van der Waals surface area contributed by atoms with Gasteiger partial charge < -0.3 is 4.57 Å². The van der Waals surface area contributed by atoms with Gasteiger partial charge in [0, 0.05) is 18.5 Å². The molecule has 4 nitrogen and oxygen atoms in total. The highest BCUT2D eigenvalue weighted by Crippen LogP contribution is 2.20. The van der Waals surface area contributed by atoms with Crippen molar-refractivity contribution in [2.24, 2.45) is 0 Å². The van der Waals surface area contributed by atoms with Crippen LogP contribution in [0, 0.1) is 0 Å². The van der Waals surface area contributed by atoms with E-state index in [1.165, 1.54) is 17.3 Å². The van der Waals surface area contributed by atoms with Gasteiger partial charge in [0.1, 0.15) is 5.82 Å². The standard InChI is InChI=1S/C20H21N3OS/c1-2-13-23-19(14-16-9-5-3-6-10-16)21-22-20(23)25-15-18(24)17-11-7-4-8-12-17/h3-12H,2,13-15H2,1H3. The molecule has 2 aromatic carbocycles. The molecule has 0 aliphatic carbocycles. The number of rotatable bonds is 8. The highest BCUT2D eigenvalue weighted by Gasteiger charge is 2.14. The predicted octanol–water partition coefficient (Wildman–Crippen LogP) is 4.25. The summed E-state index contributed by atoms with van der Waals surface area (Å²) in [6.45, 7) is 2.99. The molecule has 25 heavy (non-hydrogen) atoms. The summed E-state index contributed by atoms with van der Waals surface area (Å²) in [5.41, 5.74) is 1.95. The van der Waals surface area contributed by atoms with Crippen LogP contribution in [0.3, 0.4) is 0 Å². The summed E-state index contributed by atoms with van der Waals surface area (Å²) in [6, 6.07) is 19.6. The lowest BCUT2D eigenvalue weighted by atomic mass is 10.1. The summed E-state index contributed by atoms with van der Waals surface area (Å²) < 4.78 is 2.13. The van der Waals surface area contributed by atoms with Gasteiger partial charge in [0.05, 0.1) is 5.75 Å². The van der Waals surface area contributed by atoms with Gasteiger partial charge in [-0.2, -0.15) is 0 Å². The normalized spacial score (nSPS) is 10.8. The van der Waals surface area contributed by atoms with Crippen molar-refractivity contribution in [3.63, 3.8) is 0 Å². The minimum atomic E-state index is 0.112. The number of hydrogen-bond donors (Lipinski definition) is 0. The number of thioether (sulfide) groups is 1. The molecule has 0 aliphatic heterocycles. The Morgan fingerprint density at radius 3 is 2.36 bits per heavy atom. The molecule has 0 atom stereocenters. The van der Waals surface area contributed by atoms with Crippen LogP contribution in [0.2, 0.25) is 0 Å². The molecule has 0 bridgehead atoms. The average molecular weight is 351 g/mol. The van der Waals surface area contributed by atoms with Gasteiger partial charge in [-0.05, 0) is 12.0 Å². The van der Waals surface area contributed by atoms with Crippen LogP contribution in [-0.2, 0) is 13.0 Å². The molecule has 0 N–H and O–H groups in total. The van der Waals surface area contributed by atoms with E-state index in [0.29, 0.717) is 5.75 Å². The second kappa shape index (κ2) is 8.62. The maximum absolute atomic E-state index is 12.3. The summed E-state index contributed by atoms with van der Waals surface area (Å²) >= 11 is 1.46. The lowest BCUT2D eigenvalue weighted by Gasteiger charge is -2.08. The lowest BCUT2D eigenvalue weighted by Crippen LogP contribution is -2.07. The van der Waals surface area contributed by atoms with E-state index in [4.69, 9.17) is 0 Å². The van der Waals surface area contributed by atoms with E-state index >= 15 is 0 Å². The van der Waals surface area contributed by atoms with Crippen molar-refractivity contribution in [3.05, 3.63) is 77.6 Å². The molecule has 0 aliphatic rings. The third-order valence-electron chi connectivity index (χ3n) is 3.87. The van der Waals surface area contributed by atoms with Gasteiger partial charge in [-0.25, -0.2) is 0 Å². The first kappa shape index (κ1) is 17.4. The first-order valence-corrected chi connectivity index (χ1v) is 9.43. The second-order valence-electron chi connectivity index (χ2n) is 5.79. The molecule has 3 aromatic rings. The number of carbonyl (C=O) groups is 1. The van der Waals surface area contributed by atoms with Crippen LogP contribution in [0.4, 0.5) is 0 Å². The molecule has 128 valence electrons. The van der Waals surface area contributed by atoms with Crippen molar-refractivity contribution in [1.29, 1.82) is 0 Å². The maximum Gasteiger partial charge on any atom is 0.191 e. The zero-order chi connectivity index (χ0) is 17.5. The topological polar surface area (TPSA) is 47.8 Å². The Bertz CT molecular complexity index is 815. The molecular weight excluding hydrogens is 330 g/mol. The predicted molar refractivity (Wildman–Crippen MR) is 101 cm³/mol. The van der Waals surface area contributed by atoms with Crippen molar-refractivity contribution < 1.29 is 4.79 Å². The van der Waals surface area contributed by atoms with Gasteiger partial charge in [0.15, 0.2) is 10.9 Å².